The van der Waals surface area contributed by atoms with E-state index in [0.717, 1.165) is 18.2 Å². The molecule has 0 radical (unpaired) electrons. The van der Waals surface area contributed by atoms with Gasteiger partial charge in [-0.3, -0.25) is 4.79 Å². The maximum absolute atomic E-state index is 13.5. The predicted molar refractivity (Wildman–Crippen MR) is 58.7 cm³/mol. The number of hydrogen-bond acceptors (Lipinski definition) is 2. The number of allylic oxidation sites excluding steroid dienone is 1. The van der Waals surface area contributed by atoms with Gasteiger partial charge in [-0.05, 0) is 25.1 Å². The smallest absolute Gasteiger partial charge is 0.147 e. The van der Waals surface area contributed by atoms with Crippen LogP contribution < -0.4 is 0 Å². The molecular formula is C12H13F2NO. The molecule has 0 saturated carbocycles. The maximum atomic E-state index is 13.5. The molecule has 1 aromatic rings. The van der Waals surface area contributed by atoms with Crippen molar-refractivity contribution in [3.8, 4) is 0 Å². The Morgan fingerprint density at radius 3 is 2.44 bits per heavy atom. The van der Waals surface area contributed by atoms with Crippen LogP contribution in [0.2, 0.25) is 0 Å². The van der Waals surface area contributed by atoms with Gasteiger partial charge in [0.2, 0.25) is 0 Å². The van der Waals surface area contributed by atoms with Crippen molar-refractivity contribution in [3.63, 3.8) is 0 Å². The van der Waals surface area contributed by atoms with E-state index in [1.807, 2.05) is 0 Å². The van der Waals surface area contributed by atoms with E-state index in [9.17, 15) is 13.6 Å². The fourth-order valence-corrected chi connectivity index (χ4v) is 1.54. The lowest BCUT2D eigenvalue weighted by atomic mass is 10.1. The van der Waals surface area contributed by atoms with Gasteiger partial charge in [-0.1, -0.05) is 0 Å². The van der Waals surface area contributed by atoms with Gasteiger partial charge in [-0.15, -0.1) is 0 Å². The Morgan fingerprint density at radius 2 is 1.94 bits per heavy atom. The zero-order valence-electron chi connectivity index (χ0n) is 9.42. The molecule has 0 spiro atoms. The fraction of sp³-hybridized carbons (Fsp3) is 0.250. The maximum Gasteiger partial charge on any atom is 0.147 e. The molecular weight excluding hydrogens is 212 g/mol. The molecule has 0 bridgehead atoms. The third-order valence-corrected chi connectivity index (χ3v) is 2.18. The number of aldehydes is 1. The van der Waals surface area contributed by atoms with E-state index in [-0.39, 0.29) is 5.56 Å². The highest BCUT2D eigenvalue weighted by molar-refractivity contribution is 5.86. The molecule has 0 aromatic heterocycles. The molecule has 4 heteroatoms. The van der Waals surface area contributed by atoms with Crippen LogP contribution in [0.5, 0.6) is 0 Å². The number of hydrogen-bond donors (Lipinski definition) is 0. The highest BCUT2D eigenvalue weighted by atomic mass is 19.1. The van der Waals surface area contributed by atoms with Crippen molar-refractivity contribution in [1.82, 2.24) is 4.90 Å². The molecule has 0 aliphatic rings. The Hall–Kier alpha value is -1.71. The summed E-state index contributed by atoms with van der Waals surface area (Å²) in [6.45, 7) is 1.56. The second kappa shape index (κ2) is 4.88. The van der Waals surface area contributed by atoms with Gasteiger partial charge in [0.1, 0.15) is 17.9 Å². The monoisotopic (exact) mass is 225 g/mol. The van der Waals surface area contributed by atoms with Gasteiger partial charge in [0.15, 0.2) is 0 Å². The van der Waals surface area contributed by atoms with Crippen molar-refractivity contribution in [2.75, 3.05) is 14.1 Å². The van der Waals surface area contributed by atoms with E-state index >= 15 is 0 Å². The van der Waals surface area contributed by atoms with E-state index in [1.165, 1.54) is 0 Å². The number of benzene rings is 1. The van der Waals surface area contributed by atoms with E-state index in [1.54, 1.807) is 25.9 Å². The summed E-state index contributed by atoms with van der Waals surface area (Å²) in [6.07, 6.45) is 0.625. The molecule has 0 fully saturated rings. The van der Waals surface area contributed by atoms with Crippen molar-refractivity contribution in [2.45, 2.75) is 6.92 Å². The lowest BCUT2D eigenvalue weighted by Gasteiger charge is -2.19. The van der Waals surface area contributed by atoms with Crippen LogP contribution >= 0.6 is 0 Å². The molecule has 0 aliphatic heterocycles. The molecule has 1 rings (SSSR count). The molecule has 0 N–H and O–H groups in total. The fourth-order valence-electron chi connectivity index (χ4n) is 1.54. The van der Waals surface area contributed by atoms with Crippen LogP contribution in [0, 0.1) is 11.6 Å². The second-order valence-corrected chi connectivity index (χ2v) is 3.67. The van der Waals surface area contributed by atoms with Crippen LogP contribution in [-0.4, -0.2) is 25.3 Å². The van der Waals surface area contributed by atoms with Crippen molar-refractivity contribution >= 4 is 12.0 Å². The second-order valence-electron chi connectivity index (χ2n) is 3.67. The van der Waals surface area contributed by atoms with Crippen LogP contribution in [0.25, 0.3) is 5.70 Å². The Balaban J connectivity index is 3.44. The molecule has 0 amide bonds. The summed E-state index contributed by atoms with van der Waals surface area (Å²) in [7, 11) is 3.35. The van der Waals surface area contributed by atoms with Crippen LogP contribution in [0.3, 0.4) is 0 Å². The molecule has 0 atom stereocenters. The Bertz CT molecular complexity index is 439. The van der Waals surface area contributed by atoms with E-state index < -0.39 is 11.6 Å². The van der Waals surface area contributed by atoms with Crippen molar-refractivity contribution in [1.29, 1.82) is 0 Å². The van der Waals surface area contributed by atoms with Gasteiger partial charge in [-0.25, -0.2) is 8.78 Å². The number of halogens is 2. The van der Waals surface area contributed by atoms with E-state index in [2.05, 4.69) is 0 Å². The molecule has 2 nitrogen and oxygen atoms in total. The third kappa shape index (κ3) is 2.45. The highest BCUT2D eigenvalue weighted by Crippen LogP contribution is 2.23. The Morgan fingerprint density at radius 1 is 1.31 bits per heavy atom. The number of carbonyl (C=O) groups is 1. The molecule has 0 saturated heterocycles. The minimum Gasteiger partial charge on any atom is -0.377 e. The van der Waals surface area contributed by atoms with Crippen LogP contribution in [0.1, 0.15) is 12.5 Å². The first-order chi connectivity index (χ1) is 7.47. The lowest BCUT2D eigenvalue weighted by Crippen LogP contribution is -2.14. The van der Waals surface area contributed by atoms with Crippen molar-refractivity contribution < 1.29 is 13.6 Å². The number of rotatable bonds is 3. The molecule has 1 aromatic carbocycles. The van der Waals surface area contributed by atoms with Crippen LogP contribution in [0.4, 0.5) is 8.78 Å². The largest absolute Gasteiger partial charge is 0.377 e. The zero-order chi connectivity index (χ0) is 12.3. The molecule has 16 heavy (non-hydrogen) atoms. The summed E-state index contributed by atoms with van der Waals surface area (Å²) >= 11 is 0. The number of nitrogens with zero attached hydrogens (tertiary/aromatic N) is 1. The van der Waals surface area contributed by atoms with Gasteiger partial charge < -0.3 is 4.90 Å². The van der Waals surface area contributed by atoms with Gasteiger partial charge in [0.05, 0.1) is 5.70 Å². The topological polar surface area (TPSA) is 20.3 Å². The van der Waals surface area contributed by atoms with E-state index in [0.29, 0.717) is 17.6 Å². The SMILES string of the molecule is C/C(C=O)=C(\c1cc(F)ccc1F)N(C)C. The van der Waals surface area contributed by atoms with Gasteiger partial charge in [0, 0.05) is 25.2 Å². The lowest BCUT2D eigenvalue weighted by molar-refractivity contribution is -0.104. The predicted octanol–water partition coefficient (Wildman–Crippen LogP) is 2.46. The molecule has 0 unspecified atom stereocenters. The average Bonchev–Trinajstić information content (AvgIpc) is 2.22. The quantitative estimate of drug-likeness (QED) is 0.581. The van der Waals surface area contributed by atoms with Gasteiger partial charge in [-0.2, -0.15) is 0 Å². The normalized spacial score (nSPS) is 12.1. The average molecular weight is 225 g/mol. The Kier molecular flexibility index (Phi) is 3.77. The molecule has 86 valence electrons. The summed E-state index contributed by atoms with van der Waals surface area (Å²) in [6, 6.07) is 3.17. The van der Waals surface area contributed by atoms with Gasteiger partial charge >= 0.3 is 0 Å². The minimum atomic E-state index is -0.550. The highest BCUT2D eigenvalue weighted by Gasteiger charge is 2.13. The number of carbonyl (C=O) groups excluding carboxylic acids is 1. The minimum absolute atomic E-state index is 0.0922. The van der Waals surface area contributed by atoms with Crippen LogP contribution in [0.15, 0.2) is 23.8 Å². The summed E-state index contributed by atoms with van der Waals surface area (Å²) in [5, 5.41) is 0. The molecule has 0 aliphatic carbocycles. The Labute approximate surface area is 93.2 Å². The van der Waals surface area contributed by atoms with Crippen LogP contribution in [-0.2, 0) is 4.79 Å². The summed E-state index contributed by atoms with van der Waals surface area (Å²) < 4.78 is 26.6. The van der Waals surface area contributed by atoms with Crippen molar-refractivity contribution in [3.05, 3.63) is 41.0 Å². The summed E-state index contributed by atoms with van der Waals surface area (Å²) in [5.41, 5.74) is 0.830. The standard InChI is InChI=1S/C12H13F2NO/c1-8(7-16)12(15(2)3)10-6-9(13)4-5-11(10)14/h4-7H,1-3H3/b12-8-. The van der Waals surface area contributed by atoms with Crippen molar-refractivity contribution in [2.24, 2.45) is 0 Å². The zero-order valence-corrected chi connectivity index (χ0v) is 9.42. The first kappa shape index (κ1) is 12.4. The summed E-state index contributed by atoms with van der Waals surface area (Å²) in [4.78, 5) is 12.3. The first-order valence-electron chi connectivity index (χ1n) is 4.76. The summed E-state index contributed by atoms with van der Waals surface area (Å²) in [5.74, 6) is -1.08. The van der Waals surface area contributed by atoms with Gasteiger partial charge in [0.25, 0.3) is 0 Å². The first-order valence-corrected chi connectivity index (χ1v) is 4.76. The third-order valence-electron chi connectivity index (χ3n) is 2.18. The van der Waals surface area contributed by atoms with E-state index in [4.69, 9.17) is 0 Å². The molecule has 0 heterocycles.